The topological polar surface area (TPSA) is 49.9 Å². The first-order valence-electron chi connectivity index (χ1n) is 9.93. The highest BCUT2D eigenvalue weighted by Gasteiger charge is 2.37. The standard InChI is InChI=1S/C23H27BrN2O3/c1-6-18-13-25(22(27)17-8-9-19(24)16(5)10-17)20-11-14(3)15(4)12-21(20)26(18)23(28)29-7-2/h8-12,18H,6-7,13H2,1-5H3. The predicted octanol–water partition coefficient (Wildman–Crippen LogP) is 5.78. The van der Waals surface area contributed by atoms with Gasteiger partial charge in [0.25, 0.3) is 5.91 Å². The Kier molecular flexibility index (Phi) is 6.32. The summed E-state index contributed by atoms with van der Waals surface area (Å²) in [5.74, 6) is -0.0629. The molecule has 1 unspecified atom stereocenters. The van der Waals surface area contributed by atoms with Crippen LogP contribution in [0.2, 0.25) is 0 Å². The molecule has 0 saturated heterocycles. The molecule has 154 valence electrons. The van der Waals surface area contributed by atoms with Crippen LogP contribution in [-0.4, -0.2) is 31.2 Å². The normalized spacial score (nSPS) is 15.9. The molecule has 0 spiro atoms. The summed E-state index contributed by atoms with van der Waals surface area (Å²) in [6, 6.07) is 9.45. The number of halogens is 1. The van der Waals surface area contributed by atoms with Crippen molar-refractivity contribution in [3.63, 3.8) is 0 Å². The second-order valence-electron chi connectivity index (χ2n) is 7.44. The minimum absolute atomic E-state index is 0.0629. The molecule has 2 aromatic carbocycles. The molecule has 0 radical (unpaired) electrons. The summed E-state index contributed by atoms with van der Waals surface area (Å²) >= 11 is 3.49. The molecule has 2 aromatic rings. The zero-order valence-corrected chi connectivity index (χ0v) is 19.2. The molecule has 1 heterocycles. The molecule has 2 amide bonds. The number of hydrogen-bond acceptors (Lipinski definition) is 3. The highest BCUT2D eigenvalue weighted by atomic mass is 79.9. The van der Waals surface area contributed by atoms with Crippen molar-refractivity contribution in [2.45, 2.75) is 47.1 Å². The Balaban J connectivity index is 2.12. The van der Waals surface area contributed by atoms with Gasteiger partial charge in [0, 0.05) is 16.6 Å². The average Bonchev–Trinajstić information content (AvgIpc) is 2.69. The zero-order valence-electron chi connectivity index (χ0n) is 17.6. The number of carbonyl (C=O) groups excluding carboxylic acids is 2. The molecule has 3 rings (SSSR count). The van der Waals surface area contributed by atoms with Gasteiger partial charge >= 0.3 is 6.09 Å². The monoisotopic (exact) mass is 458 g/mol. The van der Waals surface area contributed by atoms with Gasteiger partial charge in [-0.25, -0.2) is 4.79 Å². The second kappa shape index (κ2) is 8.57. The molecule has 5 nitrogen and oxygen atoms in total. The maximum Gasteiger partial charge on any atom is 0.414 e. The number of hydrogen-bond donors (Lipinski definition) is 0. The summed E-state index contributed by atoms with van der Waals surface area (Å²) in [5.41, 5.74) is 5.26. The van der Waals surface area contributed by atoms with Crippen molar-refractivity contribution in [3.8, 4) is 0 Å². The maximum atomic E-state index is 13.5. The molecule has 29 heavy (non-hydrogen) atoms. The van der Waals surface area contributed by atoms with E-state index in [1.165, 1.54) is 0 Å². The minimum Gasteiger partial charge on any atom is -0.449 e. The van der Waals surface area contributed by atoms with Crippen molar-refractivity contribution < 1.29 is 14.3 Å². The quantitative estimate of drug-likeness (QED) is 0.585. The third-order valence-corrected chi connectivity index (χ3v) is 6.38. The Morgan fingerprint density at radius 2 is 1.69 bits per heavy atom. The molecule has 0 fully saturated rings. The molecule has 0 saturated carbocycles. The van der Waals surface area contributed by atoms with Crippen LogP contribution < -0.4 is 9.80 Å². The number of anilines is 2. The first kappa shape index (κ1) is 21.4. The lowest BCUT2D eigenvalue weighted by Gasteiger charge is -2.42. The van der Waals surface area contributed by atoms with Crippen LogP contribution in [0.3, 0.4) is 0 Å². The van der Waals surface area contributed by atoms with Gasteiger partial charge in [-0.3, -0.25) is 9.69 Å². The van der Waals surface area contributed by atoms with Crippen molar-refractivity contribution in [1.29, 1.82) is 0 Å². The van der Waals surface area contributed by atoms with Crippen LogP contribution >= 0.6 is 15.9 Å². The molecule has 0 aromatic heterocycles. The van der Waals surface area contributed by atoms with Crippen LogP contribution in [-0.2, 0) is 4.74 Å². The highest BCUT2D eigenvalue weighted by Crippen LogP contribution is 2.39. The van der Waals surface area contributed by atoms with Gasteiger partial charge in [-0.2, -0.15) is 0 Å². The van der Waals surface area contributed by atoms with E-state index in [1.807, 2.05) is 58.0 Å². The van der Waals surface area contributed by atoms with Crippen LogP contribution in [0.1, 0.15) is 47.3 Å². The van der Waals surface area contributed by atoms with Gasteiger partial charge < -0.3 is 9.64 Å². The van der Waals surface area contributed by atoms with Crippen LogP contribution in [0.15, 0.2) is 34.8 Å². The summed E-state index contributed by atoms with van der Waals surface area (Å²) in [6.45, 7) is 10.6. The maximum absolute atomic E-state index is 13.5. The molecule has 1 aliphatic rings. The summed E-state index contributed by atoms with van der Waals surface area (Å²) in [4.78, 5) is 29.7. The zero-order chi connectivity index (χ0) is 21.3. The van der Waals surface area contributed by atoms with Crippen molar-refractivity contribution in [2.24, 2.45) is 0 Å². The third-order valence-electron chi connectivity index (χ3n) is 5.49. The molecule has 1 atom stereocenters. The van der Waals surface area contributed by atoms with Gasteiger partial charge in [0.1, 0.15) is 0 Å². The number of benzene rings is 2. The highest BCUT2D eigenvalue weighted by molar-refractivity contribution is 9.10. The Morgan fingerprint density at radius 1 is 1.03 bits per heavy atom. The second-order valence-corrected chi connectivity index (χ2v) is 8.29. The molecule has 0 aliphatic carbocycles. The molecular weight excluding hydrogens is 432 g/mol. The van der Waals surface area contributed by atoms with E-state index in [0.29, 0.717) is 25.1 Å². The van der Waals surface area contributed by atoms with E-state index >= 15 is 0 Å². The van der Waals surface area contributed by atoms with Gasteiger partial charge in [0.2, 0.25) is 0 Å². The first-order valence-corrected chi connectivity index (χ1v) is 10.7. The molecule has 1 aliphatic heterocycles. The van der Waals surface area contributed by atoms with Gasteiger partial charge in [0.15, 0.2) is 0 Å². The van der Waals surface area contributed by atoms with Crippen LogP contribution in [0.4, 0.5) is 16.2 Å². The minimum atomic E-state index is -0.365. The SMILES string of the molecule is CCOC(=O)N1c2cc(C)c(C)cc2N(C(=O)c2ccc(Br)c(C)c2)CC1CC. The van der Waals surface area contributed by atoms with Crippen molar-refractivity contribution in [2.75, 3.05) is 23.0 Å². The molecule has 0 N–H and O–H groups in total. The number of aryl methyl sites for hydroxylation is 3. The summed E-state index contributed by atoms with van der Waals surface area (Å²) in [5, 5.41) is 0. The lowest BCUT2D eigenvalue weighted by Crippen LogP contribution is -2.53. The number of carbonyl (C=O) groups is 2. The van der Waals surface area contributed by atoms with E-state index in [4.69, 9.17) is 4.74 Å². The summed E-state index contributed by atoms with van der Waals surface area (Å²) in [7, 11) is 0. The number of rotatable bonds is 3. The van der Waals surface area contributed by atoms with E-state index in [1.54, 1.807) is 16.7 Å². The van der Waals surface area contributed by atoms with Crippen LogP contribution in [0.5, 0.6) is 0 Å². The van der Waals surface area contributed by atoms with Crippen molar-refractivity contribution in [3.05, 3.63) is 57.1 Å². The van der Waals surface area contributed by atoms with Gasteiger partial charge in [-0.15, -0.1) is 0 Å². The van der Waals surface area contributed by atoms with Crippen LogP contribution in [0.25, 0.3) is 0 Å². The van der Waals surface area contributed by atoms with E-state index < -0.39 is 0 Å². The van der Waals surface area contributed by atoms with E-state index in [2.05, 4.69) is 15.9 Å². The van der Waals surface area contributed by atoms with Gasteiger partial charge in [0.05, 0.1) is 24.0 Å². The van der Waals surface area contributed by atoms with Gasteiger partial charge in [-0.05, 0) is 81.1 Å². The Bertz CT molecular complexity index is 957. The number of nitrogens with zero attached hydrogens (tertiary/aromatic N) is 2. The Hall–Kier alpha value is -2.34. The van der Waals surface area contributed by atoms with Crippen molar-refractivity contribution >= 4 is 39.3 Å². The van der Waals surface area contributed by atoms with Crippen molar-refractivity contribution in [1.82, 2.24) is 0 Å². The third kappa shape index (κ3) is 4.04. The fourth-order valence-electron chi connectivity index (χ4n) is 3.66. The first-order chi connectivity index (χ1) is 13.8. The van der Waals surface area contributed by atoms with Crippen LogP contribution in [0, 0.1) is 20.8 Å². The molecule has 0 bridgehead atoms. The van der Waals surface area contributed by atoms with E-state index in [0.717, 1.165) is 32.5 Å². The Morgan fingerprint density at radius 3 is 2.28 bits per heavy atom. The molecule has 6 heteroatoms. The number of amides is 2. The van der Waals surface area contributed by atoms with E-state index in [9.17, 15) is 9.59 Å². The fraction of sp³-hybridized carbons (Fsp3) is 0.391. The largest absolute Gasteiger partial charge is 0.449 e. The smallest absolute Gasteiger partial charge is 0.414 e. The number of fused-ring (bicyclic) bond motifs is 1. The molecular formula is C23H27BrN2O3. The number of ether oxygens (including phenoxy) is 1. The summed E-state index contributed by atoms with van der Waals surface area (Å²) in [6.07, 6.45) is 0.351. The lowest BCUT2D eigenvalue weighted by molar-refractivity contribution is 0.0981. The fourth-order valence-corrected chi connectivity index (χ4v) is 3.91. The van der Waals surface area contributed by atoms with Gasteiger partial charge in [-0.1, -0.05) is 22.9 Å². The predicted molar refractivity (Wildman–Crippen MR) is 120 cm³/mol. The Labute approximate surface area is 180 Å². The summed E-state index contributed by atoms with van der Waals surface area (Å²) < 4.78 is 6.30. The van der Waals surface area contributed by atoms with E-state index in [-0.39, 0.29) is 18.0 Å². The average molecular weight is 459 g/mol. The lowest BCUT2D eigenvalue weighted by atomic mass is 9.99.